The number of rotatable bonds is 12. The molecule has 4 aliphatic heterocycles. The first-order valence-corrected chi connectivity index (χ1v) is 16.0. The number of nitrogens with two attached hydrogens (primary N) is 1. The minimum absolute atomic E-state index is 0.174. The molecule has 4 saturated heterocycles. The van der Waals surface area contributed by atoms with Crippen molar-refractivity contribution < 1.29 is 83.1 Å². The van der Waals surface area contributed by atoms with E-state index in [1.807, 2.05) is 0 Å². The Kier molecular flexibility index (Phi) is 14.1. The summed E-state index contributed by atoms with van der Waals surface area (Å²) in [6, 6.07) is 0. The molecule has 4 fully saturated rings. The molecule has 0 radical (unpaired) electrons. The maximum absolute atomic E-state index is 11.3. The molecule has 4 aliphatic rings. The summed E-state index contributed by atoms with van der Waals surface area (Å²) in [4.78, 5) is 0. The lowest BCUT2D eigenvalue weighted by molar-refractivity contribution is -0.388. The number of hydrogen-bond acceptors (Lipinski definition) is 18. The van der Waals surface area contributed by atoms with Gasteiger partial charge in [-0.1, -0.05) is 0 Å². The van der Waals surface area contributed by atoms with Crippen molar-refractivity contribution >= 4 is 0 Å². The second-order valence-corrected chi connectivity index (χ2v) is 12.5. The molecule has 0 aromatic carbocycles. The van der Waals surface area contributed by atoms with Gasteiger partial charge < -0.3 is 88.8 Å². The molecule has 0 aromatic rings. The van der Waals surface area contributed by atoms with Crippen molar-refractivity contribution in [2.45, 2.75) is 157 Å². The van der Waals surface area contributed by atoms with Crippen LogP contribution in [-0.2, 0) is 47.4 Å². The van der Waals surface area contributed by atoms with E-state index in [4.69, 9.17) is 53.1 Å². The molecule has 0 aromatic heterocycles. The van der Waals surface area contributed by atoms with Gasteiger partial charge in [-0.05, 0) is 40.7 Å². The first-order valence-electron chi connectivity index (χ1n) is 16.0. The summed E-state index contributed by atoms with van der Waals surface area (Å²) >= 11 is 0. The van der Waals surface area contributed by atoms with Crippen molar-refractivity contribution in [1.82, 2.24) is 0 Å². The number of aliphatic hydroxyl groups is 7. The highest BCUT2D eigenvalue weighted by Crippen LogP contribution is 2.35. The Morgan fingerprint density at radius 2 is 0.957 bits per heavy atom. The van der Waals surface area contributed by atoms with E-state index in [9.17, 15) is 35.7 Å². The average molecular weight is 688 g/mol. The van der Waals surface area contributed by atoms with Crippen LogP contribution in [0.5, 0.6) is 0 Å². The van der Waals surface area contributed by atoms with Crippen LogP contribution < -0.4 is 5.73 Å². The molecule has 0 spiro atoms. The predicted octanol–water partition coefficient (Wildman–Crippen LogP) is -3.96. The van der Waals surface area contributed by atoms with Crippen LogP contribution in [-0.4, -0.2) is 186 Å². The van der Waals surface area contributed by atoms with Crippen molar-refractivity contribution in [1.29, 1.82) is 0 Å². The van der Waals surface area contributed by atoms with E-state index < -0.39 is 123 Å². The molecule has 18 heteroatoms. The lowest BCUT2D eigenvalue weighted by Crippen LogP contribution is -2.66. The molecule has 4 rings (SSSR count). The minimum Gasteiger partial charge on any atom is -0.388 e. The van der Waals surface area contributed by atoms with Crippen LogP contribution in [0.1, 0.15) is 34.1 Å². The van der Waals surface area contributed by atoms with E-state index in [0.717, 1.165) is 0 Å². The molecule has 0 unspecified atom stereocenters. The van der Waals surface area contributed by atoms with E-state index in [1.165, 1.54) is 21.1 Å². The first-order chi connectivity index (χ1) is 22.2. The summed E-state index contributed by atoms with van der Waals surface area (Å²) in [7, 11) is 2.66. The Balaban J connectivity index is 1.45. The van der Waals surface area contributed by atoms with Crippen molar-refractivity contribution in [3.8, 4) is 0 Å². The number of methoxy groups -OCH3 is 2. The second kappa shape index (κ2) is 17.0. The maximum Gasteiger partial charge on any atom is 0.187 e. The van der Waals surface area contributed by atoms with Crippen LogP contribution in [0, 0.1) is 0 Å². The monoisotopic (exact) mass is 687 g/mol. The molecule has 47 heavy (non-hydrogen) atoms. The fraction of sp³-hybridized carbons (Fsp3) is 1.00. The van der Waals surface area contributed by atoms with Gasteiger partial charge in [-0.2, -0.15) is 0 Å². The van der Waals surface area contributed by atoms with E-state index in [2.05, 4.69) is 0 Å². The maximum atomic E-state index is 11.3. The molecule has 4 heterocycles. The third kappa shape index (κ3) is 8.43. The Morgan fingerprint density at radius 3 is 1.60 bits per heavy atom. The van der Waals surface area contributed by atoms with Crippen LogP contribution >= 0.6 is 0 Å². The Bertz CT molecular complexity index is 954. The fourth-order valence-corrected chi connectivity index (χ4v) is 6.29. The number of aliphatic hydroxyl groups excluding tert-OH is 7. The van der Waals surface area contributed by atoms with Crippen molar-refractivity contribution in [2.24, 2.45) is 5.73 Å². The van der Waals surface area contributed by atoms with Crippen LogP contribution in [0.2, 0.25) is 0 Å². The molecule has 0 saturated carbocycles. The van der Waals surface area contributed by atoms with Crippen LogP contribution in [0.25, 0.3) is 0 Å². The Hall–Kier alpha value is -0.720. The summed E-state index contributed by atoms with van der Waals surface area (Å²) in [5.74, 6) is 0. The van der Waals surface area contributed by atoms with E-state index >= 15 is 0 Å². The molecule has 20 atom stereocenters. The van der Waals surface area contributed by atoms with E-state index in [1.54, 1.807) is 20.8 Å². The molecule has 0 amide bonds. The van der Waals surface area contributed by atoms with Gasteiger partial charge in [-0.15, -0.1) is 0 Å². The minimum atomic E-state index is -1.68. The first kappa shape index (κ1) is 39.1. The largest absolute Gasteiger partial charge is 0.388 e. The average Bonchev–Trinajstić information content (AvgIpc) is 3.03. The molecular formula is C29H53NO17. The van der Waals surface area contributed by atoms with Crippen LogP contribution in [0.4, 0.5) is 0 Å². The molecule has 0 aliphatic carbocycles. The Morgan fingerprint density at radius 1 is 0.468 bits per heavy atom. The summed E-state index contributed by atoms with van der Waals surface area (Å²) in [5, 5.41) is 76.0. The van der Waals surface area contributed by atoms with Gasteiger partial charge in [0, 0.05) is 14.2 Å². The fourth-order valence-electron chi connectivity index (χ4n) is 6.29. The van der Waals surface area contributed by atoms with Crippen LogP contribution in [0.15, 0.2) is 0 Å². The van der Waals surface area contributed by atoms with Gasteiger partial charge in [0.25, 0.3) is 0 Å². The zero-order chi connectivity index (χ0) is 34.7. The number of hydrogen-bond donors (Lipinski definition) is 8. The van der Waals surface area contributed by atoms with Gasteiger partial charge in [-0.25, -0.2) is 0 Å². The molecule has 276 valence electrons. The van der Waals surface area contributed by atoms with Gasteiger partial charge >= 0.3 is 0 Å². The second-order valence-electron chi connectivity index (χ2n) is 12.5. The van der Waals surface area contributed by atoms with Crippen LogP contribution in [0.3, 0.4) is 0 Å². The third-order valence-electron chi connectivity index (χ3n) is 9.14. The zero-order valence-corrected chi connectivity index (χ0v) is 27.5. The topological polar surface area (TPSA) is 260 Å². The van der Waals surface area contributed by atoms with E-state index in [-0.39, 0.29) is 6.61 Å². The predicted molar refractivity (Wildman–Crippen MR) is 155 cm³/mol. The zero-order valence-electron chi connectivity index (χ0n) is 27.5. The quantitative estimate of drug-likeness (QED) is 0.0910. The lowest BCUT2D eigenvalue weighted by atomic mass is 9.96. The molecule has 18 nitrogen and oxygen atoms in total. The lowest BCUT2D eigenvalue weighted by Gasteiger charge is -2.49. The van der Waals surface area contributed by atoms with Crippen molar-refractivity contribution in [3.63, 3.8) is 0 Å². The summed E-state index contributed by atoms with van der Waals surface area (Å²) in [6.07, 6.45) is -24.2. The standard InChI is InChI=1S/C29H53NO17/c1-10-14(31)16(33)25(28(42-10)40-9-7-8-30)47-27-20(37)23(15(32)11(2)41-27)46-29-24(39-6)19(36)22(13(4)44-29)45-26-18(35)17(34)21(38-5)12(3)43-26/h10-29,31-37H,7-9,30H2,1-6H3/t10-,11-,12-,13-,14+,15-,16+,17-,18+,19+,20+,21-,22+,23+,24-,25+,26-,27-,28+,29-/m0/s1. The molecular weight excluding hydrogens is 634 g/mol. The van der Waals surface area contributed by atoms with Gasteiger partial charge in [0.2, 0.25) is 0 Å². The molecule has 0 bridgehead atoms. The van der Waals surface area contributed by atoms with Gasteiger partial charge in [0.05, 0.1) is 31.0 Å². The summed E-state index contributed by atoms with van der Waals surface area (Å²) in [5.41, 5.74) is 5.55. The summed E-state index contributed by atoms with van der Waals surface area (Å²) in [6.45, 7) is 6.80. The normalized spacial score (nSPS) is 51.2. The van der Waals surface area contributed by atoms with Crippen molar-refractivity contribution in [3.05, 3.63) is 0 Å². The van der Waals surface area contributed by atoms with Gasteiger partial charge in [0.15, 0.2) is 25.2 Å². The Labute approximate surface area is 273 Å². The number of ether oxygens (including phenoxy) is 10. The molecule has 9 N–H and O–H groups in total. The van der Waals surface area contributed by atoms with Gasteiger partial charge in [-0.3, -0.25) is 0 Å². The highest BCUT2D eigenvalue weighted by molar-refractivity contribution is 4.96. The van der Waals surface area contributed by atoms with Gasteiger partial charge in [0.1, 0.15) is 73.2 Å². The smallest absolute Gasteiger partial charge is 0.187 e. The van der Waals surface area contributed by atoms with E-state index in [0.29, 0.717) is 13.0 Å². The highest BCUT2D eigenvalue weighted by Gasteiger charge is 2.54. The highest BCUT2D eigenvalue weighted by atomic mass is 16.8. The SMILES string of the molecule is CO[C@@H]1[C@H](O[C@@H]2[C@@H](O)[C@H](C)O[C@@H](O[C@H]3[C@H](OCCCN)O[C@@H](C)[C@@H](O)[C@H]3O)[C@@H]2O)O[C@@H](C)[C@@H](O[C@@H]2O[C@@H](C)[C@H](OC)[C@@H](O)[C@H]2O)[C@H]1O. The third-order valence-corrected chi connectivity index (χ3v) is 9.14. The summed E-state index contributed by atoms with van der Waals surface area (Å²) < 4.78 is 57.4. The van der Waals surface area contributed by atoms with Crippen molar-refractivity contribution in [2.75, 3.05) is 27.4 Å².